The third kappa shape index (κ3) is 2.92. The number of hydrogen-bond donors (Lipinski definition) is 0. The van der Waals surface area contributed by atoms with Crippen LogP contribution in [0.3, 0.4) is 0 Å². The number of hydrogen-bond acceptors (Lipinski definition) is 2. The minimum absolute atomic E-state index is 0.254. The molecule has 0 amide bonds. The van der Waals surface area contributed by atoms with E-state index in [1.807, 2.05) is 24.3 Å². The Bertz CT molecular complexity index is 516. The summed E-state index contributed by atoms with van der Waals surface area (Å²) in [6.07, 6.45) is 2.13. The van der Waals surface area contributed by atoms with Crippen molar-refractivity contribution in [2.75, 3.05) is 13.2 Å². The molecule has 0 aromatic heterocycles. The summed E-state index contributed by atoms with van der Waals surface area (Å²) in [5, 5.41) is 0. The molecule has 104 valence electrons. The van der Waals surface area contributed by atoms with E-state index >= 15 is 0 Å². The maximum Gasteiger partial charge on any atom is 0.116 e. The molecule has 2 nitrogen and oxygen atoms in total. The minimum Gasteiger partial charge on any atom is -0.373 e. The predicted octanol–water partition coefficient (Wildman–Crippen LogP) is 3.91. The SMILES string of the molecule is c1ccc(COCC2(c3ccccc3)CCCO2)cc1. The van der Waals surface area contributed by atoms with Gasteiger partial charge in [0.15, 0.2) is 0 Å². The van der Waals surface area contributed by atoms with Gasteiger partial charge in [0, 0.05) is 6.61 Å². The monoisotopic (exact) mass is 268 g/mol. The molecule has 20 heavy (non-hydrogen) atoms. The molecule has 0 saturated carbocycles. The number of ether oxygens (including phenoxy) is 2. The lowest BCUT2D eigenvalue weighted by Crippen LogP contribution is -2.30. The highest BCUT2D eigenvalue weighted by molar-refractivity contribution is 5.23. The van der Waals surface area contributed by atoms with Crippen LogP contribution < -0.4 is 0 Å². The molecule has 1 atom stereocenters. The van der Waals surface area contributed by atoms with Gasteiger partial charge in [-0.05, 0) is 24.0 Å². The first-order valence-electron chi connectivity index (χ1n) is 7.20. The topological polar surface area (TPSA) is 18.5 Å². The van der Waals surface area contributed by atoms with E-state index in [4.69, 9.17) is 9.47 Å². The lowest BCUT2D eigenvalue weighted by Gasteiger charge is -2.28. The number of benzene rings is 2. The highest BCUT2D eigenvalue weighted by Gasteiger charge is 2.37. The summed E-state index contributed by atoms with van der Waals surface area (Å²) in [7, 11) is 0. The summed E-state index contributed by atoms with van der Waals surface area (Å²) in [5.41, 5.74) is 2.18. The van der Waals surface area contributed by atoms with Gasteiger partial charge >= 0.3 is 0 Å². The fraction of sp³-hybridized carbons (Fsp3) is 0.333. The van der Waals surface area contributed by atoms with Crippen LogP contribution in [0.25, 0.3) is 0 Å². The molecule has 1 saturated heterocycles. The van der Waals surface area contributed by atoms with Crippen LogP contribution >= 0.6 is 0 Å². The van der Waals surface area contributed by atoms with Crippen LogP contribution in [-0.4, -0.2) is 13.2 Å². The zero-order valence-electron chi connectivity index (χ0n) is 11.6. The molecule has 1 fully saturated rings. The smallest absolute Gasteiger partial charge is 0.116 e. The Hall–Kier alpha value is -1.64. The zero-order chi connectivity index (χ0) is 13.7. The first-order chi connectivity index (χ1) is 9.89. The van der Waals surface area contributed by atoms with E-state index in [0.29, 0.717) is 13.2 Å². The van der Waals surface area contributed by atoms with Crippen molar-refractivity contribution in [1.29, 1.82) is 0 Å². The second-order valence-electron chi connectivity index (χ2n) is 5.29. The quantitative estimate of drug-likeness (QED) is 0.818. The van der Waals surface area contributed by atoms with Crippen LogP contribution in [0.4, 0.5) is 0 Å². The summed E-state index contributed by atoms with van der Waals surface area (Å²) in [4.78, 5) is 0. The molecule has 2 aromatic rings. The lowest BCUT2D eigenvalue weighted by atomic mass is 9.92. The third-order valence-corrected chi connectivity index (χ3v) is 3.85. The van der Waals surface area contributed by atoms with Crippen LogP contribution in [0.1, 0.15) is 24.0 Å². The van der Waals surface area contributed by atoms with Crippen molar-refractivity contribution >= 4 is 0 Å². The molecule has 0 aliphatic carbocycles. The molecule has 1 aliphatic heterocycles. The molecule has 1 unspecified atom stereocenters. The zero-order valence-corrected chi connectivity index (χ0v) is 11.6. The van der Waals surface area contributed by atoms with E-state index in [1.165, 1.54) is 11.1 Å². The second kappa shape index (κ2) is 6.21. The van der Waals surface area contributed by atoms with Crippen molar-refractivity contribution in [2.24, 2.45) is 0 Å². The van der Waals surface area contributed by atoms with Crippen molar-refractivity contribution in [2.45, 2.75) is 25.0 Å². The largest absolute Gasteiger partial charge is 0.373 e. The van der Waals surface area contributed by atoms with Crippen molar-refractivity contribution in [3.05, 3.63) is 71.8 Å². The van der Waals surface area contributed by atoms with Gasteiger partial charge in [0.05, 0.1) is 13.2 Å². The van der Waals surface area contributed by atoms with Gasteiger partial charge in [0.25, 0.3) is 0 Å². The fourth-order valence-corrected chi connectivity index (χ4v) is 2.77. The van der Waals surface area contributed by atoms with Gasteiger partial charge in [-0.3, -0.25) is 0 Å². The highest BCUT2D eigenvalue weighted by atomic mass is 16.5. The van der Waals surface area contributed by atoms with Gasteiger partial charge in [-0.15, -0.1) is 0 Å². The first-order valence-corrected chi connectivity index (χ1v) is 7.20. The van der Waals surface area contributed by atoms with Gasteiger partial charge in [-0.2, -0.15) is 0 Å². The molecule has 2 aromatic carbocycles. The summed E-state index contributed by atoms with van der Waals surface area (Å²) < 4.78 is 12.0. The van der Waals surface area contributed by atoms with E-state index in [9.17, 15) is 0 Å². The van der Waals surface area contributed by atoms with E-state index < -0.39 is 0 Å². The second-order valence-corrected chi connectivity index (χ2v) is 5.29. The van der Waals surface area contributed by atoms with Crippen molar-refractivity contribution in [3.63, 3.8) is 0 Å². The fourth-order valence-electron chi connectivity index (χ4n) is 2.77. The molecule has 0 N–H and O–H groups in total. The van der Waals surface area contributed by atoms with E-state index in [2.05, 4.69) is 36.4 Å². The Balaban J connectivity index is 1.66. The van der Waals surface area contributed by atoms with Crippen molar-refractivity contribution < 1.29 is 9.47 Å². The van der Waals surface area contributed by atoms with Crippen LogP contribution in [0.2, 0.25) is 0 Å². The van der Waals surface area contributed by atoms with Crippen molar-refractivity contribution in [1.82, 2.24) is 0 Å². The minimum atomic E-state index is -0.254. The maximum atomic E-state index is 6.04. The highest BCUT2D eigenvalue weighted by Crippen LogP contribution is 2.36. The molecule has 0 spiro atoms. The molecule has 1 aliphatic rings. The lowest BCUT2D eigenvalue weighted by molar-refractivity contribution is -0.0727. The van der Waals surface area contributed by atoms with Gasteiger partial charge in [-0.1, -0.05) is 60.7 Å². The van der Waals surface area contributed by atoms with E-state index in [-0.39, 0.29) is 5.60 Å². The summed E-state index contributed by atoms with van der Waals surface area (Å²) in [6, 6.07) is 20.7. The van der Waals surface area contributed by atoms with Crippen LogP contribution in [0.15, 0.2) is 60.7 Å². The normalized spacial score (nSPS) is 22.0. The molecular formula is C18H20O2. The summed E-state index contributed by atoms with van der Waals surface area (Å²) in [5.74, 6) is 0. The van der Waals surface area contributed by atoms with Gasteiger partial charge < -0.3 is 9.47 Å². The Kier molecular flexibility index (Phi) is 4.14. The van der Waals surface area contributed by atoms with E-state index in [0.717, 1.165) is 19.4 Å². The van der Waals surface area contributed by atoms with Gasteiger partial charge in [-0.25, -0.2) is 0 Å². The van der Waals surface area contributed by atoms with Gasteiger partial charge in [0.1, 0.15) is 5.60 Å². The summed E-state index contributed by atoms with van der Waals surface area (Å²) >= 11 is 0. The van der Waals surface area contributed by atoms with Crippen LogP contribution in [-0.2, 0) is 21.7 Å². The van der Waals surface area contributed by atoms with Gasteiger partial charge in [0.2, 0.25) is 0 Å². The third-order valence-electron chi connectivity index (χ3n) is 3.85. The van der Waals surface area contributed by atoms with E-state index in [1.54, 1.807) is 0 Å². The molecule has 3 rings (SSSR count). The van der Waals surface area contributed by atoms with Crippen molar-refractivity contribution in [3.8, 4) is 0 Å². The predicted molar refractivity (Wildman–Crippen MR) is 79.4 cm³/mol. The average molecular weight is 268 g/mol. The van der Waals surface area contributed by atoms with Crippen LogP contribution in [0.5, 0.6) is 0 Å². The first kappa shape index (κ1) is 13.3. The van der Waals surface area contributed by atoms with Crippen LogP contribution in [0, 0.1) is 0 Å². The molecular weight excluding hydrogens is 248 g/mol. The molecule has 0 bridgehead atoms. The summed E-state index contributed by atoms with van der Waals surface area (Å²) in [6.45, 7) is 2.08. The molecule has 0 radical (unpaired) electrons. The molecule has 2 heteroatoms. The number of rotatable bonds is 5. The average Bonchev–Trinajstić information content (AvgIpc) is 2.99. The molecule has 1 heterocycles. The maximum absolute atomic E-state index is 6.04. The Morgan fingerprint density at radius 1 is 0.950 bits per heavy atom. The Morgan fingerprint density at radius 3 is 2.30 bits per heavy atom. The standard InChI is InChI=1S/C18H20O2/c1-3-8-16(9-4-1)14-19-15-18(12-7-13-20-18)17-10-5-2-6-11-17/h1-6,8-11H,7,12-15H2. The Labute approximate surface area is 120 Å². The Morgan fingerprint density at radius 2 is 1.65 bits per heavy atom.